The first-order valence-electron chi connectivity index (χ1n) is 9.97. The van der Waals surface area contributed by atoms with Crippen molar-refractivity contribution >= 4 is 56.3 Å². The molecular formula is C23H19Cl2FN4S. The first-order chi connectivity index (χ1) is 15.0. The number of aryl methyl sites for hydroxylation is 1. The molecule has 0 unspecified atom stereocenters. The third-order valence-electron chi connectivity index (χ3n) is 5.57. The standard InChI is InChI=1S/C23H19Cl2FN4S/c1-14-19(15-5-7-17(26)8-6-15)20-21(27-23(25)28-22(20)31-14)30-11-9-29(10-12-30)18-4-2-3-16(24)13-18/h2-8,13H,9-12H2,1H3. The summed E-state index contributed by atoms with van der Waals surface area (Å²) in [7, 11) is 0. The van der Waals surface area contributed by atoms with Gasteiger partial charge in [0.15, 0.2) is 0 Å². The summed E-state index contributed by atoms with van der Waals surface area (Å²) in [5.74, 6) is 0.585. The highest BCUT2D eigenvalue weighted by atomic mass is 35.5. The van der Waals surface area contributed by atoms with Crippen LogP contribution in [-0.4, -0.2) is 36.1 Å². The highest BCUT2D eigenvalue weighted by Crippen LogP contribution is 2.42. The molecule has 0 amide bonds. The molecule has 4 aromatic rings. The SMILES string of the molecule is Cc1sc2nc(Cl)nc(N3CCN(c4cccc(Cl)c4)CC3)c2c1-c1ccc(F)cc1. The Balaban J connectivity index is 1.52. The molecule has 5 rings (SSSR count). The molecule has 2 aromatic heterocycles. The molecule has 158 valence electrons. The van der Waals surface area contributed by atoms with E-state index in [-0.39, 0.29) is 11.1 Å². The van der Waals surface area contributed by atoms with Crippen LogP contribution in [0.2, 0.25) is 10.3 Å². The minimum absolute atomic E-state index is 0.242. The van der Waals surface area contributed by atoms with Crippen LogP contribution in [0, 0.1) is 12.7 Å². The third-order valence-corrected chi connectivity index (χ3v) is 6.97. The molecule has 0 saturated carbocycles. The predicted molar refractivity (Wildman–Crippen MR) is 128 cm³/mol. The molecule has 0 bridgehead atoms. The Hall–Kier alpha value is -2.41. The maximum Gasteiger partial charge on any atom is 0.225 e. The summed E-state index contributed by atoms with van der Waals surface area (Å²) < 4.78 is 13.5. The van der Waals surface area contributed by atoms with Crippen molar-refractivity contribution in [1.82, 2.24) is 9.97 Å². The van der Waals surface area contributed by atoms with Gasteiger partial charge in [0.05, 0.1) is 5.39 Å². The molecule has 0 spiro atoms. The summed E-state index contributed by atoms with van der Waals surface area (Å²) in [5.41, 5.74) is 3.12. The second-order valence-electron chi connectivity index (χ2n) is 7.49. The zero-order valence-corrected chi connectivity index (χ0v) is 19.1. The van der Waals surface area contributed by atoms with E-state index in [9.17, 15) is 4.39 Å². The number of thiophene rings is 1. The van der Waals surface area contributed by atoms with Gasteiger partial charge in [-0.1, -0.05) is 29.8 Å². The number of anilines is 2. The number of hydrogen-bond acceptors (Lipinski definition) is 5. The number of aromatic nitrogens is 2. The third kappa shape index (κ3) is 3.95. The van der Waals surface area contributed by atoms with E-state index < -0.39 is 0 Å². The molecule has 1 fully saturated rings. The average molecular weight is 473 g/mol. The number of hydrogen-bond donors (Lipinski definition) is 0. The van der Waals surface area contributed by atoms with E-state index in [1.807, 2.05) is 18.2 Å². The van der Waals surface area contributed by atoms with Crippen molar-refractivity contribution in [2.75, 3.05) is 36.0 Å². The summed E-state index contributed by atoms with van der Waals surface area (Å²) >= 11 is 14.1. The molecule has 31 heavy (non-hydrogen) atoms. The van der Waals surface area contributed by atoms with Gasteiger partial charge in [-0.05, 0) is 54.4 Å². The van der Waals surface area contributed by atoms with Gasteiger partial charge in [0.25, 0.3) is 0 Å². The quantitative estimate of drug-likeness (QED) is 0.321. The Morgan fingerprint density at radius 1 is 0.935 bits per heavy atom. The van der Waals surface area contributed by atoms with E-state index in [2.05, 4.69) is 32.8 Å². The van der Waals surface area contributed by atoms with Crippen LogP contribution >= 0.6 is 34.5 Å². The minimum atomic E-state index is -0.252. The lowest BCUT2D eigenvalue weighted by molar-refractivity contribution is 0.628. The number of fused-ring (bicyclic) bond motifs is 1. The fourth-order valence-corrected chi connectivity index (χ4v) is 5.55. The second-order valence-corrected chi connectivity index (χ2v) is 9.47. The van der Waals surface area contributed by atoms with Crippen LogP contribution in [0.25, 0.3) is 21.3 Å². The van der Waals surface area contributed by atoms with Gasteiger partial charge in [0.1, 0.15) is 16.5 Å². The number of benzene rings is 2. The second kappa shape index (κ2) is 8.26. The molecule has 1 aliphatic rings. The van der Waals surface area contributed by atoms with E-state index in [4.69, 9.17) is 23.2 Å². The lowest BCUT2D eigenvalue weighted by atomic mass is 10.0. The summed E-state index contributed by atoms with van der Waals surface area (Å²) in [6, 6.07) is 14.5. The average Bonchev–Trinajstić information content (AvgIpc) is 3.09. The summed E-state index contributed by atoms with van der Waals surface area (Å²) in [4.78, 5) is 15.6. The lowest BCUT2D eigenvalue weighted by Crippen LogP contribution is -2.47. The van der Waals surface area contributed by atoms with Crippen LogP contribution in [0.15, 0.2) is 48.5 Å². The van der Waals surface area contributed by atoms with Crippen molar-refractivity contribution < 1.29 is 4.39 Å². The number of halogens is 3. The minimum Gasteiger partial charge on any atom is -0.368 e. The lowest BCUT2D eigenvalue weighted by Gasteiger charge is -2.37. The Bertz CT molecular complexity index is 1250. The van der Waals surface area contributed by atoms with Crippen molar-refractivity contribution in [2.45, 2.75) is 6.92 Å². The van der Waals surface area contributed by atoms with Crippen LogP contribution in [0.3, 0.4) is 0 Å². The molecule has 0 N–H and O–H groups in total. The molecule has 2 aromatic carbocycles. The van der Waals surface area contributed by atoms with E-state index in [0.29, 0.717) is 0 Å². The molecule has 8 heteroatoms. The smallest absolute Gasteiger partial charge is 0.225 e. The molecule has 0 aliphatic carbocycles. The Morgan fingerprint density at radius 2 is 1.65 bits per heavy atom. The maximum absolute atomic E-state index is 13.5. The molecule has 0 atom stereocenters. The van der Waals surface area contributed by atoms with Gasteiger partial charge in [-0.3, -0.25) is 0 Å². The van der Waals surface area contributed by atoms with Gasteiger partial charge in [-0.15, -0.1) is 11.3 Å². The summed E-state index contributed by atoms with van der Waals surface area (Å²) in [6.07, 6.45) is 0. The van der Waals surface area contributed by atoms with Crippen molar-refractivity contribution in [3.63, 3.8) is 0 Å². The van der Waals surface area contributed by atoms with E-state index in [0.717, 1.165) is 68.9 Å². The van der Waals surface area contributed by atoms with Gasteiger partial charge in [-0.25, -0.2) is 9.37 Å². The number of piperazine rings is 1. The van der Waals surface area contributed by atoms with Gasteiger partial charge < -0.3 is 9.80 Å². The van der Waals surface area contributed by atoms with Crippen LogP contribution in [-0.2, 0) is 0 Å². The van der Waals surface area contributed by atoms with Crippen LogP contribution in [0.1, 0.15) is 4.88 Å². The van der Waals surface area contributed by atoms with Crippen molar-refractivity contribution in [1.29, 1.82) is 0 Å². The normalized spacial score (nSPS) is 14.5. The largest absolute Gasteiger partial charge is 0.368 e. The molecule has 1 saturated heterocycles. The van der Waals surface area contributed by atoms with E-state index in [1.54, 1.807) is 23.5 Å². The van der Waals surface area contributed by atoms with Gasteiger partial charge >= 0.3 is 0 Å². The predicted octanol–water partition coefficient (Wildman–Crippen LogP) is 6.44. The Kier molecular flexibility index (Phi) is 5.46. The molecule has 0 radical (unpaired) electrons. The van der Waals surface area contributed by atoms with Gasteiger partial charge in [0.2, 0.25) is 5.28 Å². The first-order valence-corrected chi connectivity index (χ1v) is 11.5. The number of rotatable bonds is 3. The van der Waals surface area contributed by atoms with E-state index >= 15 is 0 Å². The maximum atomic E-state index is 13.5. The zero-order chi connectivity index (χ0) is 21.5. The Morgan fingerprint density at radius 3 is 2.35 bits per heavy atom. The monoisotopic (exact) mass is 472 g/mol. The van der Waals surface area contributed by atoms with Crippen molar-refractivity contribution in [3.05, 3.63) is 69.5 Å². The van der Waals surface area contributed by atoms with Crippen LogP contribution in [0.5, 0.6) is 0 Å². The molecule has 3 heterocycles. The van der Waals surface area contributed by atoms with Gasteiger partial charge in [0, 0.05) is 47.3 Å². The van der Waals surface area contributed by atoms with Gasteiger partial charge in [-0.2, -0.15) is 4.98 Å². The molecule has 4 nitrogen and oxygen atoms in total. The highest BCUT2D eigenvalue weighted by molar-refractivity contribution is 7.19. The van der Waals surface area contributed by atoms with E-state index in [1.165, 1.54) is 12.1 Å². The number of nitrogens with zero attached hydrogens (tertiary/aromatic N) is 4. The summed E-state index contributed by atoms with van der Waals surface area (Å²) in [6.45, 7) is 5.34. The zero-order valence-electron chi connectivity index (χ0n) is 16.8. The van der Waals surface area contributed by atoms with Crippen molar-refractivity contribution in [3.8, 4) is 11.1 Å². The summed E-state index contributed by atoms with van der Waals surface area (Å²) in [5, 5.41) is 1.96. The highest BCUT2D eigenvalue weighted by Gasteiger charge is 2.25. The fraction of sp³-hybridized carbons (Fsp3) is 0.217. The molecular weight excluding hydrogens is 454 g/mol. The first kappa shape index (κ1) is 20.5. The van der Waals surface area contributed by atoms with Crippen LogP contribution in [0.4, 0.5) is 15.9 Å². The topological polar surface area (TPSA) is 32.3 Å². The van der Waals surface area contributed by atoms with Crippen LogP contribution < -0.4 is 9.80 Å². The fourth-order valence-electron chi connectivity index (χ4n) is 4.11. The van der Waals surface area contributed by atoms with Crippen molar-refractivity contribution in [2.24, 2.45) is 0 Å². The Labute approximate surface area is 193 Å². The molecule has 1 aliphatic heterocycles.